The first-order valence-electron chi connectivity index (χ1n) is 2.89. The normalized spacial score (nSPS) is 11.1. The number of nitrogens with zero attached hydrogens (tertiary/aromatic N) is 1. The fraction of sp³-hybridized carbons (Fsp3) is 0.500. The number of halogens is 1. The van der Waals surface area contributed by atoms with Crippen molar-refractivity contribution in [2.24, 2.45) is 5.73 Å². The molecule has 3 nitrogen and oxygen atoms in total. The number of nitrogens with two attached hydrogens (primary N) is 1. The zero-order valence-corrected chi connectivity index (χ0v) is 6.64. The smallest absolute Gasteiger partial charge is 0.231 e. The zero-order valence-electron chi connectivity index (χ0n) is 5.88. The molecule has 0 aliphatic carbocycles. The molecule has 4 heteroatoms. The summed E-state index contributed by atoms with van der Waals surface area (Å²) in [5, 5.41) is 0. The quantitative estimate of drug-likeness (QED) is 0.640. The summed E-state index contributed by atoms with van der Waals surface area (Å²) < 4.78 is 0. The van der Waals surface area contributed by atoms with Crippen molar-refractivity contribution < 1.29 is 4.79 Å². The van der Waals surface area contributed by atoms with Gasteiger partial charge in [-0.15, -0.1) is 0 Å². The van der Waals surface area contributed by atoms with Crippen molar-refractivity contribution in [2.75, 3.05) is 20.1 Å². The minimum atomic E-state index is -0.328. The minimum Gasteiger partial charge on any atom is -0.369 e. The van der Waals surface area contributed by atoms with E-state index in [9.17, 15) is 4.79 Å². The van der Waals surface area contributed by atoms with E-state index in [1.54, 1.807) is 18.0 Å². The van der Waals surface area contributed by atoms with Crippen LogP contribution in [-0.2, 0) is 4.79 Å². The maximum atomic E-state index is 10.3. The molecule has 0 aromatic heterocycles. The largest absolute Gasteiger partial charge is 0.369 e. The molecule has 1 amide bonds. The van der Waals surface area contributed by atoms with Gasteiger partial charge >= 0.3 is 0 Å². The van der Waals surface area contributed by atoms with Crippen molar-refractivity contribution in [3.05, 3.63) is 11.6 Å². The Hall–Kier alpha value is -0.540. The van der Waals surface area contributed by atoms with E-state index in [0.717, 1.165) is 0 Å². The van der Waals surface area contributed by atoms with E-state index in [1.165, 1.54) is 5.54 Å². The van der Waals surface area contributed by atoms with Gasteiger partial charge in [-0.05, 0) is 7.05 Å². The van der Waals surface area contributed by atoms with Crippen molar-refractivity contribution in [3.8, 4) is 0 Å². The van der Waals surface area contributed by atoms with Crippen LogP contribution < -0.4 is 5.73 Å². The van der Waals surface area contributed by atoms with Gasteiger partial charge in [0, 0.05) is 12.1 Å². The Labute approximate surface area is 65.4 Å². The van der Waals surface area contributed by atoms with E-state index in [0.29, 0.717) is 6.54 Å². The zero-order chi connectivity index (χ0) is 7.98. The number of likely N-dealkylation sites (N-methyl/N-ethyl adjacent to an activating group) is 1. The molecule has 0 aliphatic rings. The molecule has 0 unspecified atom stereocenters. The third-order valence-corrected chi connectivity index (χ3v) is 1.11. The molecule has 0 aromatic carbocycles. The third kappa shape index (κ3) is 5.59. The molecule has 0 aliphatic heterocycles. The second kappa shape index (κ2) is 5.26. The molecule has 0 radical (unpaired) electrons. The van der Waals surface area contributed by atoms with Gasteiger partial charge < -0.3 is 5.73 Å². The van der Waals surface area contributed by atoms with E-state index >= 15 is 0 Å². The van der Waals surface area contributed by atoms with Gasteiger partial charge in [0.1, 0.15) is 0 Å². The van der Waals surface area contributed by atoms with Crippen LogP contribution in [0.25, 0.3) is 0 Å². The molecule has 0 atom stereocenters. The fourth-order valence-corrected chi connectivity index (χ4v) is 0.630. The second-order valence-electron chi connectivity index (χ2n) is 2.02. The van der Waals surface area contributed by atoms with Gasteiger partial charge in [0.2, 0.25) is 5.91 Å². The number of primary amides is 1. The van der Waals surface area contributed by atoms with Gasteiger partial charge in [-0.2, -0.15) is 0 Å². The molecular weight excluding hydrogens is 152 g/mol. The molecule has 0 saturated carbocycles. The Morgan fingerprint density at radius 2 is 2.40 bits per heavy atom. The van der Waals surface area contributed by atoms with E-state index in [4.69, 9.17) is 17.3 Å². The molecule has 2 N–H and O–H groups in total. The Morgan fingerprint density at radius 3 is 2.80 bits per heavy atom. The van der Waals surface area contributed by atoms with Crippen LogP contribution in [0.4, 0.5) is 0 Å². The van der Waals surface area contributed by atoms with Gasteiger partial charge in [0.15, 0.2) is 0 Å². The number of amides is 1. The summed E-state index contributed by atoms with van der Waals surface area (Å²) >= 11 is 5.26. The van der Waals surface area contributed by atoms with Gasteiger partial charge in [-0.25, -0.2) is 0 Å². The molecule has 0 bridgehead atoms. The molecule has 0 spiro atoms. The Morgan fingerprint density at radius 1 is 1.80 bits per heavy atom. The molecular formula is C6H11ClN2O. The lowest BCUT2D eigenvalue weighted by Gasteiger charge is -2.09. The minimum absolute atomic E-state index is 0.265. The number of carbonyl (C=O) groups is 1. The number of hydrogen-bond donors (Lipinski definition) is 1. The predicted molar refractivity (Wildman–Crippen MR) is 41.7 cm³/mol. The highest BCUT2D eigenvalue weighted by Gasteiger charge is 1.98. The van der Waals surface area contributed by atoms with Crippen molar-refractivity contribution in [2.45, 2.75) is 0 Å². The molecule has 0 aromatic rings. The summed E-state index contributed by atoms with van der Waals surface area (Å²) in [6, 6.07) is 0. The SMILES string of the molecule is CN(CC=CCl)CC(N)=O. The van der Waals surface area contributed by atoms with Crippen molar-refractivity contribution >= 4 is 17.5 Å². The highest BCUT2D eigenvalue weighted by atomic mass is 35.5. The van der Waals surface area contributed by atoms with Crippen LogP contribution in [0.2, 0.25) is 0 Å². The first-order chi connectivity index (χ1) is 4.66. The monoisotopic (exact) mass is 162 g/mol. The maximum Gasteiger partial charge on any atom is 0.231 e. The van der Waals surface area contributed by atoms with Gasteiger partial charge in [0.25, 0.3) is 0 Å². The van der Waals surface area contributed by atoms with E-state index in [-0.39, 0.29) is 12.5 Å². The summed E-state index contributed by atoms with van der Waals surface area (Å²) in [5.74, 6) is -0.328. The van der Waals surface area contributed by atoms with Gasteiger partial charge in [-0.1, -0.05) is 17.7 Å². The van der Waals surface area contributed by atoms with Crippen LogP contribution in [0, 0.1) is 0 Å². The Bertz CT molecular complexity index is 136. The summed E-state index contributed by atoms with van der Waals surface area (Å²) in [6.45, 7) is 0.910. The topological polar surface area (TPSA) is 46.3 Å². The first-order valence-corrected chi connectivity index (χ1v) is 3.32. The van der Waals surface area contributed by atoms with Crippen molar-refractivity contribution in [3.63, 3.8) is 0 Å². The average Bonchev–Trinajstić information content (AvgIpc) is 1.82. The lowest BCUT2D eigenvalue weighted by atomic mass is 10.5. The summed E-state index contributed by atoms with van der Waals surface area (Å²) in [5.41, 5.74) is 6.34. The van der Waals surface area contributed by atoms with Crippen LogP contribution in [-0.4, -0.2) is 30.9 Å². The molecule has 0 saturated heterocycles. The number of hydrogen-bond acceptors (Lipinski definition) is 2. The Balaban J connectivity index is 3.43. The van der Waals surface area contributed by atoms with E-state index < -0.39 is 0 Å². The number of rotatable bonds is 4. The summed E-state index contributed by atoms with van der Waals surface area (Å²) in [4.78, 5) is 12.1. The van der Waals surface area contributed by atoms with Crippen molar-refractivity contribution in [1.29, 1.82) is 0 Å². The number of carbonyl (C=O) groups excluding carboxylic acids is 1. The molecule has 0 rings (SSSR count). The predicted octanol–water partition coefficient (Wildman–Crippen LogP) is 0.156. The highest BCUT2D eigenvalue weighted by molar-refractivity contribution is 6.25. The van der Waals surface area contributed by atoms with E-state index in [2.05, 4.69) is 0 Å². The molecule has 0 fully saturated rings. The first kappa shape index (κ1) is 9.46. The van der Waals surface area contributed by atoms with Crippen LogP contribution >= 0.6 is 11.6 Å². The summed E-state index contributed by atoms with van der Waals surface area (Å²) in [6.07, 6.45) is 1.74. The van der Waals surface area contributed by atoms with Crippen LogP contribution in [0.3, 0.4) is 0 Å². The third-order valence-electron chi connectivity index (χ3n) is 0.932. The van der Waals surface area contributed by atoms with Crippen molar-refractivity contribution in [1.82, 2.24) is 4.90 Å². The molecule has 0 heterocycles. The summed E-state index contributed by atoms with van der Waals surface area (Å²) in [7, 11) is 1.79. The van der Waals surface area contributed by atoms with E-state index in [1.807, 2.05) is 0 Å². The standard InChI is InChI=1S/C6H11ClN2O/c1-9(4-2-3-7)5-6(8)10/h2-3H,4-5H2,1H3,(H2,8,10). The fourth-order valence-electron chi connectivity index (χ4n) is 0.550. The average molecular weight is 163 g/mol. The molecule has 58 valence electrons. The Kier molecular flexibility index (Phi) is 4.98. The van der Waals surface area contributed by atoms with Gasteiger partial charge in [0.05, 0.1) is 6.54 Å². The van der Waals surface area contributed by atoms with Crippen LogP contribution in [0.15, 0.2) is 11.6 Å². The lowest BCUT2D eigenvalue weighted by Crippen LogP contribution is -2.30. The molecule has 10 heavy (non-hydrogen) atoms. The second-order valence-corrected chi connectivity index (χ2v) is 2.28. The van der Waals surface area contributed by atoms with Gasteiger partial charge in [-0.3, -0.25) is 9.69 Å². The van der Waals surface area contributed by atoms with Crippen LogP contribution in [0.1, 0.15) is 0 Å². The van der Waals surface area contributed by atoms with Crippen LogP contribution in [0.5, 0.6) is 0 Å². The lowest BCUT2D eigenvalue weighted by molar-refractivity contribution is -0.118. The maximum absolute atomic E-state index is 10.3. The highest BCUT2D eigenvalue weighted by Crippen LogP contribution is 1.84.